The first-order valence-corrected chi connectivity index (χ1v) is 7.35. The fraction of sp³-hybridized carbons (Fsp3) is 1.00. The average molecular weight is 238 g/mol. The molecule has 2 heterocycles. The van der Waals surface area contributed by atoms with Crippen LogP contribution in [0.25, 0.3) is 0 Å². The van der Waals surface area contributed by atoms with Crippen LogP contribution in [0.5, 0.6) is 0 Å². The van der Waals surface area contributed by atoms with E-state index in [2.05, 4.69) is 45.0 Å². The maximum atomic E-state index is 3.84. The van der Waals surface area contributed by atoms with Gasteiger partial charge in [-0.1, -0.05) is 27.7 Å². The smallest absolute Gasteiger partial charge is 0.0111 e. The van der Waals surface area contributed by atoms with E-state index in [1.54, 1.807) is 0 Å². The second-order valence-corrected chi connectivity index (χ2v) is 7.24. The van der Waals surface area contributed by atoms with Crippen LogP contribution in [0.3, 0.4) is 0 Å². The van der Waals surface area contributed by atoms with Crippen LogP contribution < -0.4 is 5.32 Å². The summed E-state index contributed by atoms with van der Waals surface area (Å²) in [7, 11) is 2.32. The van der Waals surface area contributed by atoms with Gasteiger partial charge in [0, 0.05) is 24.7 Å². The lowest BCUT2D eigenvalue weighted by molar-refractivity contribution is 0.135. The normalized spacial score (nSPS) is 34.6. The van der Waals surface area contributed by atoms with Gasteiger partial charge >= 0.3 is 0 Å². The lowest BCUT2D eigenvalue weighted by atomic mass is 9.80. The van der Waals surface area contributed by atoms with Crippen LogP contribution in [0.4, 0.5) is 0 Å². The summed E-state index contributed by atoms with van der Waals surface area (Å²) in [4.78, 5) is 2.62. The fourth-order valence-electron chi connectivity index (χ4n) is 3.19. The van der Waals surface area contributed by atoms with E-state index in [1.807, 2.05) is 0 Å². The van der Waals surface area contributed by atoms with Crippen molar-refractivity contribution in [3.63, 3.8) is 0 Å². The summed E-state index contributed by atoms with van der Waals surface area (Å²) in [6.07, 6.45) is 5.57. The van der Waals surface area contributed by atoms with Gasteiger partial charge in [0.25, 0.3) is 0 Å². The third kappa shape index (κ3) is 2.85. The van der Waals surface area contributed by atoms with Gasteiger partial charge < -0.3 is 10.2 Å². The summed E-state index contributed by atoms with van der Waals surface area (Å²) in [5, 5.41) is 3.84. The van der Waals surface area contributed by atoms with Gasteiger partial charge in [0.2, 0.25) is 0 Å². The Balaban J connectivity index is 1.82. The minimum atomic E-state index is 0.419. The topological polar surface area (TPSA) is 15.3 Å². The molecule has 2 atom stereocenters. The molecule has 2 unspecified atom stereocenters. The first-order chi connectivity index (χ1) is 7.90. The van der Waals surface area contributed by atoms with Crippen LogP contribution in [0.1, 0.15) is 53.4 Å². The van der Waals surface area contributed by atoms with Crippen molar-refractivity contribution in [2.45, 2.75) is 71.5 Å². The summed E-state index contributed by atoms with van der Waals surface area (Å²) in [6.45, 7) is 10.6. The van der Waals surface area contributed by atoms with E-state index < -0.39 is 0 Å². The van der Waals surface area contributed by atoms with Crippen LogP contribution in [0, 0.1) is 11.3 Å². The van der Waals surface area contributed by atoms with E-state index in [1.165, 1.54) is 32.2 Å². The molecule has 2 rings (SSSR count). The molecule has 17 heavy (non-hydrogen) atoms. The number of piperidine rings is 1. The van der Waals surface area contributed by atoms with Crippen molar-refractivity contribution in [1.82, 2.24) is 10.2 Å². The van der Waals surface area contributed by atoms with E-state index >= 15 is 0 Å². The van der Waals surface area contributed by atoms with Crippen molar-refractivity contribution in [3.8, 4) is 0 Å². The molecule has 0 amide bonds. The molecule has 0 spiro atoms. The summed E-state index contributed by atoms with van der Waals surface area (Å²) in [5.41, 5.74) is 0.419. The molecular weight excluding hydrogens is 208 g/mol. The van der Waals surface area contributed by atoms with Gasteiger partial charge in [-0.25, -0.2) is 0 Å². The molecular formula is C15H30N2. The molecule has 2 aliphatic rings. The largest absolute Gasteiger partial charge is 0.313 e. The maximum absolute atomic E-state index is 3.84. The van der Waals surface area contributed by atoms with Gasteiger partial charge in [-0.2, -0.15) is 0 Å². The number of nitrogens with zero attached hydrogens (tertiary/aromatic N) is 1. The highest BCUT2D eigenvalue weighted by Gasteiger charge is 2.38. The summed E-state index contributed by atoms with van der Waals surface area (Å²) in [5.74, 6) is 0.748. The monoisotopic (exact) mass is 238 g/mol. The Kier molecular flexibility index (Phi) is 3.84. The number of fused-ring (bicyclic) bond motifs is 2. The molecule has 100 valence electrons. The van der Waals surface area contributed by atoms with E-state index in [-0.39, 0.29) is 0 Å². The number of nitrogens with one attached hydrogen (secondary N) is 1. The van der Waals surface area contributed by atoms with Gasteiger partial charge in [-0.15, -0.1) is 0 Å². The number of hydrogen-bond donors (Lipinski definition) is 1. The first-order valence-electron chi connectivity index (χ1n) is 7.35. The molecule has 2 heteroatoms. The molecule has 0 aromatic rings. The quantitative estimate of drug-likeness (QED) is 0.810. The Morgan fingerprint density at radius 3 is 2.18 bits per heavy atom. The van der Waals surface area contributed by atoms with Gasteiger partial charge in [-0.3, -0.25) is 0 Å². The highest BCUT2D eigenvalue weighted by molar-refractivity contribution is 4.96. The molecule has 2 nitrogen and oxygen atoms in total. The van der Waals surface area contributed by atoms with Gasteiger partial charge in [-0.05, 0) is 44.1 Å². The highest BCUT2D eigenvalue weighted by Crippen LogP contribution is 2.34. The highest BCUT2D eigenvalue weighted by atomic mass is 15.2. The van der Waals surface area contributed by atoms with Crippen molar-refractivity contribution in [2.24, 2.45) is 11.3 Å². The second kappa shape index (κ2) is 4.89. The van der Waals surface area contributed by atoms with E-state index in [4.69, 9.17) is 0 Å². The average Bonchev–Trinajstić information content (AvgIpc) is 2.51. The zero-order valence-electron chi connectivity index (χ0n) is 12.3. The van der Waals surface area contributed by atoms with Crippen LogP contribution in [-0.2, 0) is 0 Å². The lowest BCUT2D eigenvalue weighted by Gasteiger charge is -2.39. The van der Waals surface area contributed by atoms with Crippen molar-refractivity contribution in [3.05, 3.63) is 0 Å². The van der Waals surface area contributed by atoms with Crippen molar-refractivity contribution in [1.29, 1.82) is 0 Å². The van der Waals surface area contributed by atoms with Crippen LogP contribution in [0.2, 0.25) is 0 Å². The summed E-state index contributed by atoms with van der Waals surface area (Å²) in [6, 6.07) is 2.48. The zero-order valence-corrected chi connectivity index (χ0v) is 12.3. The third-order valence-corrected chi connectivity index (χ3v) is 5.51. The summed E-state index contributed by atoms with van der Waals surface area (Å²) < 4.78 is 0. The lowest BCUT2D eigenvalue weighted by Crippen LogP contribution is -2.49. The SMILES string of the molecule is CC(C)C(C)(C)CNC1CC2CCC(C1)N2C. The van der Waals surface area contributed by atoms with Gasteiger partial charge in [0.05, 0.1) is 0 Å². The molecule has 0 aliphatic carbocycles. The summed E-state index contributed by atoms with van der Waals surface area (Å²) >= 11 is 0. The van der Waals surface area contributed by atoms with Gasteiger partial charge in [0.15, 0.2) is 0 Å². The number of rotatable bonds is 4. The molecule has 2 aliphatic heterocycles. The van der Waals surface area contributed by atoms with Crippen LogP contribution >= 0.6 is 0 Å². The van der Waals surface area contributed by atoms with E-state index in [9.17, 15) is 0 Å². The molecule has 2 bridgehead atoms. The first kappa shape index (κ1) is 13.4. The fourth-order valence-corrected chi connectivity index (χ4v) is 3.19. The predicted octanol–water partition coefficient (Wildman–Crippen LogP) is 2.88. The molecule has 0 saturated carbocycles. The number of hydrogen-bond acceptors (Lipinski definition) is 2. The Morgan fingerprint density at radius 1 is 1.18 bits per heavy atom. The second-order valence-electron chi connectivity index (χ2n) is 7.24. The Hall–Kier alpha value is -0.0800. The standard InChI is InChI=1S/C15H30N2/c1-11(2)15(3,4)10-16-12-8-13-6-7-14(9-12)17(13)5/h11-14,16H,6-10H2,1-5H3. The van der Waals surface area contributed by atoms with Crippen LogP contribution in [-0.4, -0.2) is 36.6 Å². The predicted molar refractivity (Wildman–Crippen MR) is 74.2 cm³/mol. The van der Waals surface area contributed by atoms with Crippen molar-refractivity contribution in [2.75, 3.05) is 13.6 Å². The Morgan fingerprint density at radius 2 is 1.71 bits per heavy atom. The molecule has 0 aromatic heterocycles. The van der Waals surface area contributed by atoms with Crippen LogP contribution in [0.15, 0.2) is 0 Å². The molecule has 1 N–H and O–H groups in total. The maximum Gasteiger partial charge on any atom is 0.0111 e. The molecule has 2 saturated heterocycles. The molecule has 0 radical (unpaired) electrons. The molecule has 2 fully saturated rings. The Labute approximate surface area is 107 Å². The van der Waals surface area contributed by atoms with Crippen molar-refractivity contribution >= 4 is 0 Å². The minimum absolute atomic E-state index is 0.419. The van der Waals surface area contributed by atoms with Crippen molar-refractivity contribution < 1.29 is 0 Å². The third-order valence-electron chi connectivity index (χ3n) is 5.51. The Bertz CT molecular complexity index is 246. The van der Waals surface area contributed by atoms with Gasteiger partial charge in [0.1, 0.15) is 0 Å². The van der Waals surface area contributed by atoms with E-state index in [0.29, 0.717) is 5.41 Å². The zero-order chi connectivity index (χ0) is 12.6. The minimum Gasteiger partial charge on any atom is -0.313 e. The van der Waals surface area contributed by atoms with E-state index in [0.717, 1.165) is 24.0 Å². The molecule has 0 aromatic carbocycles.